The van der Waals surface area contributed by atoms with Gasteiger partial charge in [-0.2, -0.15) is 0 Å². The number of hydrogen-bond acceptors (Lipinski definition) is 4. The predicted molar refractivity (Wildman–Crippen MR) is 166 cm³/mol. The van der Waals surface area contributed by atoms with Crippen molar-refractivity contribution in [3.8, 4) is 0 Å². The maximum Gasteiger partial charge on any atom is 0.264 e. The summed E-state index contributed by atoms with van der Waals surface area (Å²) in [6.45, 7) is 12.1. The Morgan fingerprint density at radius 3 is 2.17 bits per heavy atom. The van der Waals surface area contributed by atoms with Crippen LogP contribution in [-0.4, -0.2) is 43.3 Å². The van der Waals surface area contributed by atoms with Gasteiger partial charge in [-0.25, -0.2) is 8.42 Å². The first-order valence-corrected chi connectivity index (χ1v) is 15.4. The van der Waals surface area contributed by atoms with Crippen molar-refractivity contribution in [1.29, 1.82) is 0 Å². The van der Waals surface area contributed by atoms with Crippen LogP contribution in [0, 0.1) is 20.8 Å². The van der Waals surface area contributed by atoms with Gasteiger partial charge in [-0.05, 0) is 95.5 Å². The van der Waals surface area contributed by atoms with E-state index in [4.69, 9.17) is 23.2 Å². The van der Waals surface area contributed by atoms with E-state index in [9.17, 15) is 18.0 Å². The number of nitrogens with one attached hydrogen (secondary N) is 1. The van der Waals surface area contributed by atoms with Crippen molar-refractivity contribution in [1.82, 2.24) is 10.2 Å². The molecule has 0 fully saturated rings. The van der Waals surface area contributed by atoms with E-state index in [-0.39, 0.29) is 17.3 Å². The molecular formula is C31H37Cl2N3O4S. The molecule has 3 aromatic rings. The van der Waals surface area contributed by atoms with Gasteiger partial charge in [0, 0.05) is 22.1 Å². The van der Waals surface area contributed by atoms with Crippen LogP contribution in [-0.2, 0) is 26.2 Å². The normalized spacial score (nSPS) is 12.5. The van der Waals surface area contributed by atoms with Crippen LogP contribution in [0.4, 0.5) is 5.69 Å². The number of benzene rings is 3. The van der Waals surface area contributed by atoms with E-state index in [0.717, 1.165) is 21.0 Å². The van der Waals surface area contributed by atoms with Crippen LogP contribution in [0.2, 0.25) is 10.0 Å². The summed E-state index contributed by atoms with van der Waals surface area (Å²) in [4.78, 5) is 28.8. The number of amides is 2. The summed E-state index contributed by atoms with van der Waals surface area (Å²) in [5.74, 6) is -0.945. The van der Waals surface area contributed by atoms with Gasteiger partial charge >= 0.3 is 0 Å². The summed E-state index contributed by atoms with van der Waals surface area (Å²) < 4.78 is 29.2. The van der Waals surface area contributed by atoms with Crippen LogP contribution in [0.1, 0.15) is 49.9 Å². The molecule has 0 aliphatic heterocycles. The largest absolute Gasteiger partial charge is 0.350 e. The van der Waals surface area contributed by atoms with Crippen molar-refractivity contribution in [2.45, 2.75) is 71.5 Å². The molecule has 0 saturated heterocycles. The van der Waals surface area contributed by atoms with Gasteiger partial charge in [0.15, 0.2) is 0 Å². The number of carbonyl (C=O) groups excluding carboxylic acids is 2. The van der Waals surface area contributed by atoms with Crippen molar-refractivity contribution >= 4 is 50.7 Å². The average molecular weight is 619 g/mol. The quantitative estimate of drug-likeness (QED) is 0.299. The first-order chi connectivity index (χ1) is 19.0. The maximum atomic E-state index is 14.1. The lowest BCUT2D eigenvalue weighted by molar-refractivity contribution is -0.140. The van der Waals surface area contributed by atoms with Crippen molar-refractivity contribution in [2.24, 2.45) is 0 Å². The molecule has 7 nitrogen and oxygen atoms in total. The number of carbonyl (C=O) groups is 2. The van der Waals surface area contributed by atoms with Crippen molar-refractivity contribution in [3.05, 3.63) is 93.0 Å². The Hall–Kier alpha value is -3.07. The van der Waals surface area contributed by atoms with Gasteiger partial charge in [-0.1, -0.05) is 59.1 Å². The van der Waals surface area contributed by atoms with Crippen molar-refractivity contribution < 1.29 is 18.0 Å². The van der Waals surface area contributed by atoms with Gasteiger partial charge in [-0.15, -0.1) is 0 Å². The molecule has 0 saturated carbocycles. The highest BCUT2D eigenvalue weighted by molar-refractivity contribution is 7.92. The molecule has 2 amide bonds. The second kappa shape index (κ2) is 12.8. The van der Waals surface area contributed by atoms with E-state index in [1.54, 1.807) is 49.4 Å². The molecule has 0 unspecified atom stereocenters. The first kappa shape index (κ1) is 32.4. The second-order valence-corrected chi connectivity index (χ2v) is 13.9. The molecule has 0 aliphatic rings. The number of anilines is 1. The fraction of sp³-hybridized carbons (Fsp3) is 0.355. The van der Waals surface area contributed by atoms with Gasteiger partial charge in [0.2, 0.25) is 11.8 Å². The van der Waals surface area contributed by atoms with Gasteiger partial charge in [0.25, 0.3) is 10.0 Å². The van der Waals surface area contributed by atoms with Crippen LogP contribution in [0.5, 0.6) is 0 Å². The summed E-state index contributed by atoms with van der Waals surface area (Å²) in [6, 6.07) is 15.7. The molecule has 0 heterocycles. The van der Waals surface area contributed by atoms with Gasteiger partial charge in [0.1, 0.15) is 12.6 Å². The maximum absolute atomic E-state index is 14.1. The third-order valence-electron chi connectivity index (χ3n) is 6.75. The second-order valence-electron chi connectivity index (χ2n) is 11.2. The molecule has 0 bridgehead atoms. The Balaban J connectivity index is 2.10. The van der Waals surface area contributed by atoms with Crippen LogP contribution in [0.25, 0.3) is 0 Å². The summed E-state index contributed by atoms with van der Waals surface area (Å²) in [6.07, 6.45) is 0. The van der Waals surface area contributed by atoms with Crippen LogP contribution in [0.3, 0.4) is 0 Å². The molecule has 10 heteroatoms. The van der Waals surface area contributed by atoms with E-state index >= 15 is 0 Å². The summed E-state index contributed by atoms with van der Waals surface area (Å²) >= 11 is 12.5. The van der Waals surface area contributed by atoms with Crippen molar-refractivity contribution in [2.75, 3.05) is 10.8 Å². The summed E-state index contributed by atoms with van der Waals surface area (Å²) in [5, 5.41) is 3.67. The molecular weight excluding hydrogens is 581 g/mol. The fourth-order valence-electron chi connectivity index (χ4n) is 4.25. The average Bonchev–Trinajstić information content (AvgIpc) is 2.87. The first-order valence-electron chi connectivity index (χ1n) is 13.2. The zero-order valence-corrected chi connectivity index (χ0v) is 26.8. The minimum atomic E-state index is -4.16. The van der Waals surface area contributed by atoms with E-state index in [0.29, 0.717) is 21.3 Å². The Labute approximate surface area is 253 Å². The van der Waals surface area contributed by atoms with Crippen LogP contribution >= 0.6 is 23.2 Å². The number of sulfonamides is 1. The Bertz CT molecular complexity index is 1530. The molecule has 0 spiro atoms. The number of halogens is 2. The number of aryl methyl sites for hydroxylation is 2. The molecule has 0 aromatic heterocycles. The van der Waals surface area contributed by atoms with E-state index in [2.05, 4.69) is 5.32 Å². The molecule has 3 rings (SSSR count). The van der Waals surface area contributed by atoms with Gasteiger partial charge < -0.3 is 10.2 Å². The summed E-state index contributed by atoms with van der Waals surface area (Å²) in [5.41, 5.74) is 2.92. The van der Waals surface area contributed by atoms with Crippen LogP contribution in [0.15, 0.2) is 65.6 Å². The van der Waals surface area contributed by atoms with Crippen LogP contribution < -0.4 is 9.62 Å². The van der Waals surface area contributed by atoms with E-state index in [1.807, 2.05) is 47.6 Å². The minimum Gasteiger partial charge on any atom is -0.350 e. The zero-order chi connectivity index (χ0) is 30.7. The third kappa shape index (κ3) is 8.03. The lowest BCUT2D eigenvalue weighted by Crippen LogP contribution is -2.54. The van der Waals surface area contributed by atoms with E-state index in [1.165, 1.54) is 17.0 Å². The zero-order valence-electron chi connectivity index (χ0n) is 24.5. The highest BCUT2D eigenvalue weighted by Gasteiger charge is 2.34. The number of rotatable bonds is 9. The Morgan fingerprint density at radius 2 is 1.59 bits per heavy atom. The number of nitrogens with zero attached hydrogens (tertiary/aromatic N) is 2. The SMILES string of the molecule is Cc1ccc(S(=O)(=O)N(CC(=O)N(Cc2ccc(Cl)cc2Cl)[C@H](C)C(=O)NC(C)(C)C)c2cccc(C)c2C)cc1. The van der Waals surface area contributed by atoms with E-state index < -0.39 is 34.1 Å². The lowest BCUT2D eigenvalue weighted by atomic mass is 10.1. The predicted octanol–water partition coefficient (Wildman–Crippen LogP) is 6.45. The molecule has 0 aliphatic carbocycles. The molecule has 220 valence electrons. The topological polar surface area (TPSA) is 86.8 Å². The Kier molecular flexibility index (Phi) is 10.2. The fourth-order valence-corrected chi connectivity index (χ4v) is 6.19. The molecule has 3 aromatic carbocycles. The molecule has 1 atom stereocenters. The Morgan fingerprint density at radius 1 is 0.951 bits per heavy atom. The molecule has 0 radical (unpaired) electrons. The minimum absolute atomic E-state index is 0.0290. The monoisotopic (exact) mass is 617 g/mol. The lowest BCUT2D eigenvalue weighted by Gasteiger charge is -2.34. The third-order valence-corrected chi connectivity index (χ3v) is 9.11. The van der Waals surface area contributed by atoms with Gasteiger partial charge in [-0.3, -0.25) is 13.9 Å². The van der Waals surface area contributed by atoms with Crippen molar-refractivity contribution in [3.63, 3.8) is 0 Å². The van der Waals surface area contributed by atoms with Gasteiger partial charge in [0.05, 0.1) is 10.6 Å². The standard InChI is InChI=1S/C31H37Cl2N3O4S/c1-20-11-15-26(16-12-20)41(39,40)36(28-10-8-9-21(2)22(28)3)19-29(37)35(23(4)30(38)34-31(5,6)7)18-24-13-14-25(32)17-27(24)33/h8-17,23H,18-19H2,1-7H3,(H,34,38)/t23-/m1/s1. The smallest absolute Gasteiger partial charge is 0.264 e. The highest BCUT2D eigenvalue weighted by atomic mass is 35.5. The molecule has 41 heavy (non-hydrogen) atoms. The number of hydrogen-bond donors (Lipinski definition) is 1. The highest BCUT2D eigenvalue weighted by Crippen LogP contribution is 2.30. The molecule has 1 N–H and O–H groups in total. The summed E-state index contributed by atoms with van der Waals surface area (Å²) in [7, 11) is -4.16.